The Hall–Kier alpha value is -0.500. The molecule has 1 aromatic heterocycles. The highest BCUT2D eigenvalue weighted by molar-refractivity contribution is 6.16. The van der Waals surface area contributed by atoms with Gasteiger partial charge in [0.1, 0.15) is 5.76 Å². The Labute approximate surface area is 77.9 Å². The summed E-state index contributed by atoms with van der Waals surface area (Å²) in [5, 5.41) is 0. The molecule has 0 saturated heterocycles. The van der Waals surface area contributed by atoms with E-state index in [0.717, 1.165) is 18.6 Å². The van der Waals surface area contributed by atoms with Crippen molar-refractivity contribution in [3.63, 3.8) is 0 Å². The van der Waals surface area contributed by atoms with Crippen LogP contribution in [-0.4, -0.2) is 4.98 Å². The SMILES string of the molecule is CCC(C)Cc1cnc(CCl)o1. The lowest BCUT2D eigenvalue weighted by Crippen LogP contribution is -1.95. The fourth-order valence-electron chi connectivity index (χ4n) is 0.992. The van der Waals surface area contributed by atoms with Crippen molar-refractivity contribution in [3.05, 3.63) is 17.8 Å². The summed E-state index contributed by atoms with van der Waals surface area (Å²) in [5.74, 6) is 2.58. The zero-order chi connectivity index (χ0) is 8.97. The predicted molar refractivity (Wildman–Crippen MR) is 49.2 cm³/mol. The lowest BCUT2D eigenvalue weighted by molar-refractivity contribution is 0.428. The van der Waals surface area contributed by atoms with Crippen LogP contribution >= 0.6 is 11.6 Å². The van der Waals surface area contributed by atoms with Crippen LogP contribution in [0.15, 0.2) is 10.6 Å². The highest BCUT2D eigenvalue weighted by Crippen LogP contribution is 2.13. The molecule has 0 saturated carbocycles. The number of hydrogen-bond donors (Lipinski definition) is 0. The van der Waals surface area contributed by atoms with E-state index in [1.807, 2.05) is 0 Å². The first-order chi connectivity index (χ1) is 5.76. The van der Waals surface area contributed by atoms with Gasteiger partial charge in [-0.05, 0) is 5.92 Å². The Kier molecular flexibility index (Phi) is 3.60. The van der Waals surface area contributed by atoms with E-state index in [1.165, 1.54) is 0 Å². The van der Waals surface area contributed by atoms with Gasteiger partial charge >= 0.3 is 0 Å². The summed E-state index contributed by atoms with van der Waals surface area (Å²) in [5.41, 5.74) is 0. The summed E-state index contributed by atoms with van der Waals surface area (Å²) in [6.07, 6.45) is 3.89. The highest BCUT2D eigenvalue weighted by Gasteiger charge is 2.06. The number of oxazole rings is 1. The monoisotopic (exact) mass is 187 g/mol. The topological polar surface area (TPSA) is 26.0 Å². The number of halogens is 1. The van der Waals surface area contributed by atoms with Crippen LogP contribution in [0.3, 0.4) is 0 Å². The smallest absolute Gasteiger partial charge is 0.209 e. The average molecular weight is 188 g/mol. The van der Waals surface area contributed by atoms with E-state index in [9.17, 15) is 0 Å². The van der Waals surface area contributed by atoms with E-state index in [1.54, 1.807) is 6.20 Å². The third kappa shape index (κ3) is 2.52. The van der Waals surface area contributed by atoms with Crippen molar-refractivity contribution >= 4 is 11.6 Å². The predicted octanol–water partition coefficient (Wildman–Crippen LogP) is 3.00. The van der Waals surface area contributed by atoms with Gasteiger partial charge < -0.3 is 4.42 Å². The second kappa shape index (κ2) is 4.51. The molecule has 3 heteroatoms. The lowest BCUT2D eigenvalue weighted by Gasteiger charge is -2.03. The summed E-state index contributed by atoms with van der Waals surface area (Å²) in [6.45, 7) is 4.37. The molecule has 0 fully saturated rings. The van der Waals surface area contributed by atoms with Crippen molar-refractivity contribution in [2.45, 2.75) is 32.6 Å². The molecule has 0 radical (unpaired) electrons. The minimum absolute atomic E-state index is 0.362. The van der Waals surface area contributed by atoms with E-state index in [4.69, 9.17) is 16.0 Å². The van der Waals surface area contributed by atoms with Crippen LogP contribution in [-0.2, 0) is 12.3 Å². The van der Waals surface area contributed by atoms with Crippen molar-refractivity contribution < 1.29 is 4.42 Å². The van der Waals surface area contributed by atoms with Gasteiger partial charge in [0.15, 0.2) is 0 Å². The Morgan fingerprint density at radius 1 is 1.67 bits per heavy atom. The third-order valence-electron chi connectivity index (χ3n) is 1.96. The number of alkyl halides is 1. The summed E-state index contributed by atoms with van der Waals surface area (Å²) in [6, 6.07) is 0. The Bertz CT molecular complexity index is 234. The van der Waals surface area contributed by atoms with Crippen LogP contribution in [0.4, 0.5) is 0 Å². The first kappa shape index (κ1) is 9.59. The molecule has 1 heterocycles. The molecule has 12 heavy (non-hydrogen) atoms. The minimum atomic E-state index is 0.362. The van der Waals surface area contributed by atoms with Crippen molar-refractivity contribution in [1.82, 2.24) is 4.98 Å². The molecule has 2 nitrogen and oxygen atoms in total. The number of aromatic nitrogens is 1. The molecule has 1 atom stereocenters. The third-order valence-corrected chi connectivity index (χ3v) is 2.19. The summed E-state index contributed by atoms with van der Waals surface area (Å²) < 4.78 is 5.36. The zero-order valence-electron chi connectivity index (χ0n) is 7.51. The van der Waals surface area contributed by atoms with Crippen LogP contribution in [0.2, 0.25) is 0 Å². The molecule has 0 amide bonds. The van der Waals surface area contributed by atoms with Crippen LogP contribution in [0.25, 0.3) is 0 Å². The van der Waals surface area contributed by atoms with E-state index in [2.05, 4.69) is 18.8 Å². The zero-order valence-corrected chi connectivity index (χ0v) is 8.27. The Morgan fingerprint density at radius 3 is 2.92 bits per heavy atom. The maximum Gasteiger partial charge on any atom is 0.209 e. The number of hydrogen-bond acceptors (Lipinski definition) is 2. The first-order valence-electron chi connectivity index (χ1n) is 4.25. The van der Waals surface area contributed by atoms with Crippen molar-refractivity contribution in [3.8, 4) is 0 Å². The largest absolute Gasteiger partial charge is 0.444 e. The second-order valence-electron chi connectivity index (χ2n) is 3.07. The molecule has 0 N–H and O–H groups in total. The normalized spacial score (nSPS) is 13.2. The van der Waals surface area contributed by atoms with E-state index >= 15 is 0 Å². The molecule has 1 rings (SSSR count). The molecule has 0 aromatic carbocycles. The van der Waals surface area contributed by atoms with Gasteiger partial charge in [-0.1, -0.05) is 20.3 Å². The number of nitrogens with zero attached hydrogens (tertiary/aromatic N) is 1. The molecular weight excluding hydrogens is 174 g/mol. The quantitative estimate of drug-likeness (QED) is 0.678. The number of rotatable bonds is 4. The van der Waals surface area contributed by atoms with Crippen molar-refractivity contribution in [1.29, 1.82) is 0 Å². The highest BCUT2D eigenvalue weighted by atomic mass is 35.5. The van der Waals surface area contributed by atoms with Gasteiger partial charge in [-0.2, -0.15) is 0 Å². The molecule has 0 aliphatic heterocycles. The van der Waals surface area contributed by atoms with Gasteiger partial charge in [-0.15, -0.1) is 11.6 Å². The van der Waals surface area contributed by atoms with Gasteiger partial charge in [-0.3, -0.25) is 0 Å². The van der Waals surface area contributed by atoms with Crippen LogP contribution in [0.5, 0.6) is 0 Å². The minimum Gasteiger partial charge on any atom is -0.444 e. The Balaban J connectivity index is 2.52. The van der Waals surface area contributed by atoms with Gasteiger partial charge in [0.2, 0.25) is 5.89 Å². The van der Waals surface area contributed by atoms with Crippen molar-refractivity contribution in [2.75, 3.05) is 0 Å². The molecule has 0 spiro atoms. The lowest BCUT2D eigenvalue weighted by atomic mass is 10.0. The molecule has 0 aliphatic rings. The molecular formula is C9H14ClNO. The van der Waals surface area contributed by atoms with E-state index < -0.39 is 0 Å². The first-order valence-corrected chi connectivity index (χ1v) is 4.79. The van der Waals surface area contributed by atoms with Crippen LogP contribution in [0, 0.1) is 5.92 Å². The molecule has 1 unspecified atom stereocenters. The fraction of sp³-hybridized carbons (Fsp3) is 0.667. The van der Waals surface area contributed by atoms with Crippen LogP contribution in [0.1, 0.15) is 31.9 Å². The Morgan fingerprint density at radius 2 is 2.42 bits per heavy atom. The standard InChI is InChI=1S/C9H14ClNO/c1-3-7(2)4-8-6-11-9(5-10)12-8/h6-7H,3-5H2,1-2H3. The van der Waals surface area contributed by atoms with Gasteiger partial charge in [-0.25, -0.2) is 4.98 Å². The summed E-state index contributed by atoms with van der Waals surface area (Å²) in [7, 11) is 0. The van der Waals surface area contributed by atoms with E-state index in [-0.39, 0.29) is 0 Å². The average Bonchev–Trinajstić information content (AvgIpc) is 2.52. The summed E-state index contributed by atoms with van der Waals surface area (Å²) >= 11 is 5.55. The molecule has 0 bridgehead atoms. The maximum atomic E-state index is 5.55. The van der Waals surface area contributed by atoms with E-state index in [0.29, 0.717) is 17.7 Å². The fourth-order valence-corrected chi connectivity index (χ4v) is 1.12. The maximum absolute atomic E-state index is 5.55. The van der Waals surface area contributed by atoms with Crippen molar-refractivity contribution in [2.24, 2.45) is 5.92 Å². The molecule has 1 aromatic rings. The molecule has 0 aliphatic carbocycles. The second-order valence-corrected chi connectivity index (χ2v) is 3.34. The molecule has 68 valence electrons. The van der Waals surface area contributed by atoms with Gasteiger partial charge in [0.05, 0.1) is 12.1 Å². The van der Waals surface area contributed by atoms with Gasteiger partial charge in [0.25, 0.3) is 0 Å². The van der Waals surface area contributed by atoms with Crippen LogP contribution < -0.4 is 0 Å². The summed E-state index contributed by atoms with van der Waals surface area (Å²) in [4.78, 5) is 4.02. The van der Waals surface area contributed by atoms with Gasteiger partial charge in [0, 0.05) is 6.42 Å².